The van der Waals surface area contributed by atoms with Gasteiger partial charge in [0, 0.05) is 29.5 Å². The molecule has 2 aromatic carbocycles. The van der Waals surface area contributed by atoms with E-state index in [2.05, 4.69) is 10.3 Å². The van der Waals surface area contributed by atoms with E-state index in [-0.39, 0.29) is 30.5 Å². The maximum atomic E-state index is 13.2. The second-order valence-corrected chi connectivity index (χ2v) is 9.08. The van der Waals surface area contributed by atoms with Crippen molar-refractivity contribution in [1.29, 1.82) is 0 Å². The summed E-state index contributed by atoms with van der Waals surface area (Å²) in [6, 6.07) is 13.8. The molecular formula is C26H27N3O3S. The van der Waals surface area contributed by atoms with E-state index in [1.165, 1.54) is 22.2 Å². The van der Waals surface area contributed by atoms with Crippen molar-refractivity contribution in [3.8, 4) is 16.9 Å². The van der Waals surface area contributed by atoms with Crippen molar-refractivity contribution in [3.05, 3.63) is 81.2 Å². The highest BCUT2D eigenvalue weighted by Crippen LogP contribution is 2.31. The number of aryl methyl sites for hydroxylation is 3. The summed E-state index contributed by atoms with van der Waals surface area (Å²) in [5.41, 5.74) is 4.93. The Bertz CT molecular complexity index is 1360. The van der Waals surface area contributed by atoms with Gasteiger partial charge in [0.25, 0.3) is 5.56 Å². The molecule has 0 aliphatic heterocycles. The Hall–Kier alpha value is -3.45. The van der Waals surface area contributed by atoms with Gasteiger partial charge in [-0.1, -0.05) is 47.5 Å². The first-order chi connectivity index (χ1) is 15.9. The van der Waals surface area contributed by atoms with Gasteiger partial charge >= 0.3 is 0 Å². The average Bonchev–Trinajstić information content (AvgIpc) is 3.24. The van der Waals surface area contributed by atoms with Crippen molar-refractivity contribution in [2.75, 3.05) is 7.11 Å². The molecule has 0 radical (unpaired) electrons. The molecule has 170 valence electrons. The lowest BCUT2D eigenvalue weighted by molar-refractivity contribution is -0.122. The van der Waals surface area contributed by atoms with Crippen LogP contribution >= 0.6 is 11.3 Å². The van der Waals surface area contributed by atoms with Crippen LogP contribution in [-0.4, -0.2) is 22.6 Å². The van der Waals surface area contributed by atoms with Gasteiger partial charge in [0.2, 0.25) is 5.91 Å². The van der Waals surface area contributed by atoms with Crippen molar-refractivity contribution in [1.82, 2.24) is 14.9 Å². The van der Waals surface area contributed by atoms with Gasteiger partial charge in [0.05, 0.1) is 24.9 Å². The van der Waals surface area contributed by atoms with Crippen LogP contribution in [0.1, 0.15) is 36.1 Å². The molecule has 0 saturated heterocycles. The van der Waals surface area contributed by atoms with Crippen molar-refractivity contribution < 1.29 is 9.53 Å². The zero-order valence-electron chi connectivity index (χ0n) is 19.2. The Kier molecular flexibility index (Phi) is 6.60. The monoisotopic (exact) mass is 461 g/mol. The van der Waals surface area contributed by atoms with E-state index in [1.807, 2.05) is 68.6 Å². The summed E-state index contributed by atoms with van der Waals surface area (Å²) in [6.07, 6.45) is 1.70. The van der Waals surface area contributed by atoms with E-state index in [9.17, 15) is 9.59 Å². The Balaban J connectivity index is 1.50. The molecule has 2 heterocycles. The molecule has 0 fully saturated rings. The number of hydrogen-bond acceptors (Lipinski definition) is 5. The third-order valence-corrected chi connectivity index (χ3v) is 6.62. The first kappa shape index (κ1) is 22.7. The molecule has 0 aliphatic rings. The maximum Gasteiger partial charge on any atom is 0.262 e. The number of fused-ring (bicyclic) bond motifs is 1. The SMILES string of the molecule is COc1ccc(C)cc1C(C)NC(=O)CCn1cnc2scc(-c3ccc(C)cc3)c2c1=O. The van der Waals surface area contributed by atoms with E-state index in [4.69, 9.17) is 4.74 Å². The van der Waals surface area contributed by atoms with Gasteiger partial charge in [-0.05, 0) is 32.4 Å². The molecule has 0 bridgehead atoms. The third kappa shape index (κ3) is 4.83. The number of nitrogens with zero attached hydrogens (tertiary/aromatic N) is 2. The summed E-state index contributed by atoms with van der Waals surface area (Å²) in [5.74, 6) is 0.600. The zero-order valence-corrected chi connectivity index (χ0v) is 20.0. The van der Waals surface area contributed by atoms with Crippen LogP contribution in [0.5, 0.6) is 5.75 Å². The predicted octanol–water partition coefficient (Wildman–Crippen LogP) is 5.02. The second-order valence-electron chi connectivity index (χ2n) is 8.22. The molecule has 2 aromatic heterocycles. The fraction of sp³-hybridized carbons (Fsp3) is 0.269. The lowest BCUT2D eigenvalue weighted by Gasteiger charge is -2.18. The molecule has 0 saturated carbocycles. The van der Waals surface area contributed by atoms with Gasteiger partial charge in [-0.15, -0.1) is 11.3 Å². The van der Waals surface area contributed by atoms with E-state index in [0.717, 1.165) is 33.6 Å². The highest BCUT2D eigenvalue weighted by Gasteiger charge is 2.16. The lowest BCUT2D eigenvalue weighted by Crippen LogP contribution is -2.29. The highest BCUT2D eigenvalue weighted by molar-refractivity contribution is 7.17. The van der Waals surface area contributed by atoms with Crippen LogP contribution in [0.25, 0.3) is 21.3 Å². The van der Waals surface area contributed by atoms with Gasteiger partial charge in [-0.25, -0.2) is 4.98 Å². The Morgan fingerprint density at radius 1 is 1.15 bits per heavy atom. The van der Waals surface area contributed by atoms with E-state index < -0.39 is 0 Å². The van der Waals surface area contributed by atoms with Gasteiger partial charge in [-0.3, -0.25) is 14.2 Å². The molecule has 0 spiro atoms. The molecule has 4 rings (SSSR count). The lowest BCUT2D eigenvalue weighted by atomic mass is 10.0. The first-order valence-electron chi connectivity index (χ1n) is 10.8. The molecule has 33 heavy (non-hydrogen) atoms. The van der Waals surface area contributed by atoms with E-state index in [1.54, 1.807) is 7.11 Å². The fourth-order valence-electron chi connectivity index (χ4n) is 3.88. The second kappa shape index (κ2) is 9.58. The largest absolute Gasteiger partial charge is 0.496 e. The van der Waals surface area contributed by atoms with Crippen LogP contribution < -0.4 is 15.6 Å². The van der Waals surface area contributed by atoms with Crippen LogP contribution in [0.3, 0.4) is 0 Å². The molecular weight excluding hydrogens is 434 g/mol. The predicted molar refractivity (Wildman–Crippen MR) is 133 cm³/mol. The van der Waals surface area contributed by atoms with Crippen LogP contribution in [0.15, 0.2) is 59.0 Å². The normalized spacial score (nSPS) is 12.0. The minimum atomic E-state index is -0.213. The van der Waals surface area contributed by atoms with Crippen LogP contribution in [0.2, 0.25) is 0 Å². The summed E-state index contributed by atoms with van der Waals surface area (Å²) >= 11 is 1.46. The summed E-state index contributed by atoms with van der Waals surface area (Å²) in [5, 5.41) is 5.58. The Morgan fingerprint density at radius 2 is 1.88 bits per heavy atom. The molecule has 1 N–H and O–H groups in total. The van der Waals surface area contributed by atoms with Gasteiger partial charge in [0.15, 0.2) is 0 Å². The Morgan fingerprint density at radius 3 is 2.61 bits per heavy atom. The van der Waals surface area contributed by atoms with Gasteiger partial charge < -0.3 is 10.1 Å². The molecule has 1 unspecified atom stereocenters. The number of methoxy groups -OCH3 is 1. The van der Waals surface area contributed by atoms with Crippen molar-refractivity contribution in [2.24, 2.45) is 0 Å². The van der Waals surface area contributed by atoms with Gasteiger partial charge in [0.1, 0.15) is 10.6 Å². The number of thiophene rings is 1. The zero-order chi connectivity index (χ0) is 23.5. The van der Waals surface area contributed by atoms with Crippen molar-refractivity contribution in [2.45, 2.75) is 39.8 Å². The smallest absolute Gasteiger partial charge is 0.262 e. The summed E-state index contributed by atoms with van der Waals surface area (Å²) in [4.78, 5) is 31.0. The average molecular weight is 462 g/mol. The standard InChI is InChI=1S/C26H27N3O3S/c1-16-5-8-19(9-6-16)21-14-33-25-24(21)26(31)29(15-27-25)12-11-23(30)28-18(3)20-13-17(2)7-10-22(20)32-4/h5-10,13-15,18H,11-12H2,1-4H3,(H,28,30). The summed E-state index contributed by atoms with van der Waals surface area (Å²) < 4.78 is 6.95. The minimum Gasteiger partial charge on any atom is -0.496 e. The van der Waals surface area contributed by atoms with Crippen molar-refractivity contribution >= 4 is 27.5 Å². The first-order valence-corrected chi connectivity index (χ1v) is 11.7. The number of nitrogens with one attached hydrogen (secondary N) is 1. The fourth-order valence-corrected chi connectivity index (χ4v) is 4.78. The number of carbonyl (C=O) groups excluding carboxylic acids is 1. The van der Waals surface area contributed by atoms with Crippen LogP contribution in [0.4, 0.5) is 0 Å². The number of carbonyl (C=O) groups is 1. The highest BCUT2D eigenvalue weighted by atomic mass is 32.1. The molecule has 0 aliphatic carbocycles. The summed E-state index contributed by atoms with van der Waals surface area (Å²) in [6.45, 7) is 6.22. The van der Waals surface area contributed by atoms with Crippen LogP contribution in [-0.2, 0) is 11.3 Å². The van der Waals surface area contributed by atoms with Gasteiger partial charge in [-0.2, -0.15) is 0 Å². The maximum absolute atomic E-state index is 13.2. The van der Waals surface area contributed by atoms with Crippen molar-refractivity contribution in [3.63, 3.8) is 0 Å². The van der Waals surface area contributed by atoms with Crippen LogP contribution in [0, 0.1) is 13.8 Å². The quantitative estimate of drug-likeness (QED) is 0.420. The number of aromatic nitrogens is 2. The molecule has 1 atom stereocenters. The minimum absolute atomic E-state index is 0.127. The number of rotatable bonds is 7. The number of benzene rings is 2. The summed E-state index contributed by atoms with van der Waals surface area (Å²) in [7, 11) is 1.62. The van der Waals surface area contributed by atoms with E-state index >= 15 is 0 Å². The number of amides is 1. The van der Waals surface area contributed by atoms with E-state index in [0.29, 0.717) is 10.2 Å². The Labute approximate surface area is 196 Å². The number of ether oxygens (including phenoxy) is 1. The molecule has 7 heteroatoms. The molecule has 4 aromatic rings. The number of hydrogen-bond donors (Lipinski definition) is 1. The molecule has 1 amide bonds. The third-order valence-electron chi connectivity index (χ3n) is 5.73. The molecule has 6 nitrogen and oxygen atoms in total. The topological polar surface area (TPSA) is 73.2 Å².